The second kappa shape index (κ2) is 6.85. The van der Waals surface area contributed by atoms with E-state index < -0.39 is 5.82 Å². The van der Waals surface area contributed by atoms with E-state index in [1.165, 1.54) is 12.3 Å². The van der Waals surface area contributed by atoms with Gasteiger partial charge in [0.2, 0.25) is 0 Å². The first-order chi connectivity index (χ1) is 13.0. The van der Waals surface area contributed by atoms with Crippen molar-refractivity contribution >= 4 is 28.3 Å². The monoisotopic (exact) mass is 384 g/mol. The van der Waals surface area contributed by atoms with E-state index in [1.807, 2.05) is 19.1 Å². The van der Waals surface area contributed by atoms with Gasteiger partial charge in [0.05, 0.1) is 17.8 Å². The molecule has 3 aromatic heterocycles. The van der Waals surface area contributed by atoms with Crippen molar-refractivity contribution in [2.45, 2.75) is 13.0 Å². The molecule has 4 rings (SSSR count). The van der Waals surface area contributed by atoms with Gasteiger partial charge in [0.1, 0.15) is 17.9 Å². The van der Waals surface area contributed by atoms with E-state index in [4.69, 9.17) is 16.1 Å². The van der Waals surface area contributed by atoms with Gasteiger partial charge in [-0.2, -0.15) is 0 Å². The van der Waals surface area contributed by atoms with Crippen molar-refractivity contribution in [3.8, 4) is 11.1 Å². The number of hydrogen-bond donors (Lipinski definition) is 2. The molecule has 0 amide bonds. The molecular formula is C19H14ClFN4O2. The van der Waals surface area contributed by atoms with Crippen molar-refractivity contribution in [1.82, 2.24) is 15.1 Å². The summed E-state index contributed by atoms with van der Waals surface area (Å²) in [5.74, 6) is 0.0165. The molecule has 4 aromatic rings. The summed E-state index contributed by atoms with van der Waals surface area (Å²) in [6.07, 6.45) is 4.79. The summed E-state index contributed by atoms with van der Waals surface area (Å²) in [6, 6.07) is 7.69. The zero-order valence-electron chi connectivity index (χ0n) is 14.2. The first kappa shape index (κ1) is 17.2. The predicted octanol–water partition coefficient (Wildman–Crippen LogP) is 4.54. The van der Waals surface area contributed by atoms with Gasteiger partial charge in [-0.25, -0.2) is 9.37 Å². The molecule has 0 saturated heterocycles. The predicted molar refractivity (Wildman–Crippen MR) is 101 cm³/mol. The van der Waals surface area contributed by atoms with Crippen molar-refractivity contribution in [3.05, 3.63) is 75.7 Å². The van der Waals surface area contributed by atoms with Crippen molar-refractivity contribution in [3.63, 3.8) is 0 Å². The highest BCUT2D eigenvalue weighted by molar-refractivity contribution is 6.31. The van der Waals surface area contributed by atoms with Crippen LogP contribution in [0.1, 0.15) is 18.5 Å². The average molecular weight is 385 g/mol. The minimum absolute atomic E-state index is 0.132. The molecule has 0 aliphatic rings. The van der Waals surface area contributed by atoms with Gasteiger partial charge in [-0.05, 0) is 42.8 Å². The number of aromatic nitrogens is 3. The average Bonchev–Trinajstić information content (AvgIpc) is 3.17. The van der Waals surface area contributed by atoms with Gasteiger partial charge in [0, 0.05) is 27.7 Å². The van der Waals surface area contributed by atoms with Crippen LogP contribution in [0.25, 0.3) is 22.0 Å². The smallest absolute Gasteiger partial charge is 0.253 e. The summed E-state index contributed by atoms with van der Waals surface area (Å²) < 4.78 is 18.9. The summed E-state index contributed by atoms with van der Waals surface area (Å²) in [4.78, 5) is 19.3. The lowest BCUT2D eigenvalue weighted by atomic mass is 10.1. The molecule has 0 aliphatic heterocycles. The highest BCUT2D eigenvalue weighted by Crippen LogP contribution is 2.25. The van der Waals surface area contributed by atoms with Crippen LogP contribution in [0.5, 0.6) is 0 Å². The number of nitrogens with one attached hydrogen (secondary N) is 2. The fraction of sp³-hybridized carbons (Fsp3) is 0.105. The van der Waals surface area contributed by atoms with Crippen molar-refractivity contribution in [1.29, 1.82) is 0 Å². The fourth-order valence-electron chi connectivity index (χ4n) is 2.92. The Morgan fingerprint density at radius 1 is 1.26 bits per heavy atom. The fourth-order valence-corrected chi connectivity index (χ4v) is 3.13. The molecule has 0 spiro atoms. The maximum Gasteiger partial charge on any atom is 0.253 e. The molecule has 27 heavy (non-hydrogen) atoms. The Balaban J connectivity index is 1.67. The van der Waals surface area contributed by atoms with Crippen LogP contribution < -0.4 is 10.9 Å². The maximum absolute atomic E-state index is 14.0. The lowest BCUT2D eigenvalue weighted by Gasteiger charge is -2.15. The molecule has 6 nitrogen and oxygen atoms in total. The maximum atomic E-state index is 14.0. The molecule has 0 radical (unpaired) electrons. The van der Waals surface area contributed by atoms with Crippen LogP contribution in [-0.4, -0.2) is 15.1 Å². The summed E-state index contributed by atoms with van der Waals surface area (Å²) >= 11 is 5.92. The Kier molecular flexibility index (Phi) is 4.37. The summed E-state index contributed by atoms with van der Waals surface area (Å²) in [7, 11) is 0. The Morgan fingerprint density at radius 3 is 2.89 bits per heavy atom. The van der Waals surface area contributed by atoms with Crippen LogP contribution >= 0.6 is 11.6 Å². The summed E-state index contributed by atoms with van der Waals surface area (Å²) in [6.45, 7) is 1.82. The topological polar surface area (TPSA) is 83.8 Å². The molecular weight excluding hydrogens is 371 g/mol. The van der Waals surface area contributed by atoms with E-state index in [0.29, 0.717) is 16.8 Å². The molecule has 1 aromatic carbocycles. The quantitative estimate of drug-likeness (QED) is 0.539. The normalized spacial score (nSPS) is 12.3. The standard InChI is InChI=1S/C19H14ClFN4O2/c1-10(24-17-6-11(2-3-22-17)13-8-23-27-9-13)15-5-12-4-14(20)7-16(21)18(12)25-19(15)26/h2-10H,1H3,(H,22,24)(H,25,26). The van der Waals surface area contributed by atoms with Crippen LogP contribution in [0.3, 0.4) is 0 Å². The van der Waals surface area contributed by atoms with Gasteiger partial charge >= 0.3 is 0 Å². The summed E-state index contributed by atoms with van der Waals surface area (Å²) in [5, 5.41) is 7.66. The third-order valence-electron chi connectivity index (χ3n) is 4.25. The molecule has 0 aliphatic carbocycles. The number of anilines is 1. The van der Waals surface area contributed by atoms with Crippen molar-refractivity contribution < 1.29 is 8.91 Å². The van der Waals surface area contributed by atoms with Crippen LogP contribution in [-0.2, 0) is 0 Å². The van der Waals surface area contributed by atoms with E-state index in [9.17, 15) is 9.18 Å². The molecule has 0 saturated carbocycles. The van der Waals surface area contributed by atoms with Crippen LogP contribution in [0.4, 0.5) is 10.2 Å². The molecule has 1 atom stereocenters. The molecule has 8 heteroatoms. The third kappa shape index (κ3) is 3.41. The second-order valence-corrected chi connectivity index (χ2v) is 6.55. The zero-order chi connectivity index (χ0) is 19.0. The Morgan fingerprint density at radius 2 is 2.11 bits per heavy atom. The Hall–Kier alpha value is -3.19. The van der Waals surface area contributed by atoms with Gasteiger partial charge in [-0.3, -0.25) is 4.79 Å². The third-order valence-corrected chi connectivity index (χ3v) is 4.47. The van der Waals surface area contributed by atoms with Gasteiger partial charge in [-0.1, -0.05) is 16.8 Å². The first-order valence-electron chi connectivity index (χ1n) is 8.15. The SMILES string of the molecule is CC(Nc1cc(-c2cnoc2)ccn1)c1cc2cc(Cl)cc(F)c2[nH]c1=O. The largest absolute Gasteiger partial charge is 0.364 e. The second-order valence-electron chi connectivity index (χ2n) is 6.11. The highest BCUT2D eigenvalue weighted by Gasteiger charge is 2.14. The van der Waals surface area contributed by atoms with Crippen molar-refractivity contribution in [2.24, 2.45) is 0 Å². The van der Waals surface area contributed by atoms with Gasteiger partial charge in [0.15, 0.2) is 0 Å². The molecule has 2 N–H and O–H groups in total. The number of hydrogen-bond acceptors (Lipinski definition) is 5. The number of aromatic amines is 1. The lowest BCUT2D eigenvalue weighted by Crippen LogP contribution is -2.20. The van der Waals surface area contributed by atoms with E-state index in [1.54, 1.807) is 24.5 Å². The van der Waals surface area contributed by atoms with E-state index in [2.05, 4.69) is 20.4 Å². The van der Waals surface area contributed by atoms with Crippen LogP contribution in [0, 0.1) is 5.82 Å². The number of pyridine rings is 2. The summed E-state index contributed by atoms with van der Waals surface area (Å²) in [5.41, 5.74) is 1.90. The number of benzene rings is 1. The Labute approximate surface area is 158 Å². The number of H-pyrrole nitrogens is 1. The molecule has 0 bridgehead atoms. The van der Waals surface area contributed by atoms with E-state index in [-0.39, 0.29) is 22.1 Å². The van der Waals surface area contributed by atoms with E-state index in [0.717, 1.165) is 11.1 Å². The first-order valence-corrected chi connectivity index (χ1v) is 8.53. The minimum Gasteiger partial charge on any atom is -0.364 e. The molecule has 136 valence electrons. The van der Waals surface area contributed by atoms with Crippen molar-refractivity contribution in [2.75, 3.05) is 5.32 Å². The van der Waals surface area contributed by atoms with Crippen LogP contribution in [0.2, 0.25) is 5.02 Å². The minimum atomic E-state index is -0.565. The van der Waals surface area contributed by atoms with Crippen LogP contribution in [0.15, 0.2) is 58.3 Å². The number of fused-ring (bicyclic) bond motifs is 1. The highest BCUT2D eigenvalue weighted by atomic mass is 35.5. The van der Waals surface area contributed by atoms with E-state index >= 15 is 0 Å². The Bertz CT molecular complexity index is 1170. The lowest BCUT2D eigenvalue weighted by molar-refractivity contribution is 0.420. The van der Waals surface area contributed by atoms with Gasteiger partial charge < -0.3 is 14.8 Å². The molecule has 1 unspecified atom stereocenters. The van der Waals surface area contributed by atoms with Gasteiger partial charge in [0.25, 0.3) is 5.56 Å². The number of rotatable bonds is 4. The number of nitrogens with zero attached hydrogens (tertiary/aromatic N) is 2. The molecule has 0 fully saturated rings. The van der Waals surface area contributed by atoms with Gasteiger partial charge in [-0.15, -0.1) is 0 Å². The number of halogens is 2. The molecule has 3 heterocycles. The zero-order valence-corrected chi connectivity index (χ0v) is 14.9.